The topological polar surface area (TPSA) is 162 Å². The Morgan fingerprint density at radius 1 is 0.767 bits per heavy atom. The van der Waals surface area contributed by atoms with Gasteiger partial charge in [-0.05, 0) is 24.7 Å². The Hall–Kier alpha value is -3.05. The maximum Gasteiger partial charge on any atom is 0.508 e. The molecule has 4 atom stereocenters. The third kappa shape index (κ3) is 5.97. The zero-order valence-electron chi connectivity index (χ0n) is 16.9. The van der Waals surface area contributed by atoms with Gasteiger partial charge in [-0.1, -0.05) is 13.8 Å². The summed E-state index contributed by atoms with van der Waals surface area (Å²) in [5.41, 5.74) is 11.8. The van der Waals surface area contributed by atoms with E-state index in [1.54, 1.807) is 13.8 Å². The molecule has 4 unspecified atom stereocenters. The van der Waals surface area contributed by atoms with Crippen LogP contribution in [0, 0.1) is 11.8 Å². The van der Waals surface area contributed by atoms with Crippen LogP contribution in [0.4, 0.5) is 4.79 Å². The second-order valence-electron chi connectivity index (χ2n) is 7.45. The standard InChI is InChI=1S/C19H26N4O7/c1-11(7-13(20)22-15(24)3-4-16(22)25)9-29-19(28)30-10-12(2)8-14(21)23-17(26)5-6-18(23)27/h3-6,11-14H,7-10,20-21H2,1-2H3. The molecule has 4 amide bonds. The van der Waals surface area contributed by atoms with Crippen molar-refractivity contribution in [3.05, 3.63) is 24.3 Å². The number of rotatable bonds is 10. The van der Waals surface area contributed by atoms with Crippen molar-refractivity contribution in [2.75, 3.05) is 13.2 Å². The van der Waals surface area contributed by atoms with E-state index in [0.717, 1.165) is 34.1 Å². The van der Waals surface area contributed by atoms with Gasteiger partial charge in [0.2, 0.25) is 0 Å². The minimum Gasteiger partial charge on any atom is -0.434 e. The van der Waals surface area contributed by atoms with Gasteiger partial charge >= 0.3 is 6.16 Å². The molecule has 0 fully saturated rings. The van der Waals surface area contributed by atoms with Crippen LogP contribution in [0.25, 0.3) is 0 Å². The van der Waals surface area contributed by atoms with Crippen molar-refractivity contribution in [1.82, 2.24) is 9.80 Å². The summed E-state index contributed by atoms with van der Waals surface area (Å²) in [6.45, 7) is 3.50. The smallest absolute Gasteiger partial charge is 0.434 e. The largest absolute Gasteiger partial charge is 0.508 e. The number of amides is 4. The lowest BCUT2D eigenvalue weighted by atomic mass is 10.1. The van der Waals surface area contributed by atoms with Crippen LogP contribution in [0.1, 0.15) is 26.7 Å². The van der Waals surface area contributed by atoms with Crippen molar-refractivity contribution in [3.8, 4) is 0 Å². The third-order valence-electron chi connectivity index (χ3n) is 4.61. The number of carbonyl (C=O) groups excluding carboxylic acids is 5. The molecule has 30 heavy (non-hydrogen) atoms. The van der Waals surface area contributed by atoms with E-state index in [9.17, 15) is 24.0 Å². The van der Waals surface area contributed by atoms with Gasteiger partial charge in [-0.25, -0.2) is 4.79 Å². The molecule has 2 rings (SSSR count). The minimum atomic E-state index is -0.888. The molecular weight excluding hydrogens is 396 g/mol. The van der Waals surface area contributed by atoms with Gasteiger partial charge in [0.25, 0.3) is 23.6 Å². The first-order valence-corrected chi connectivity index (χ1v) is 9.51. The summed E-state index contributed by atoms with van der Waals surface area (Å²) in [6.07, 6.45) is 2.59. The number of hydrogen-bond donors (Lipinski definition) is 2. The molecule has 2 aliphatic rings. The number of imide groups is 2. The molecule has 0 aromatic carbocycles. The fourth-order valence-corrected chi connectivity index (χ4v) is 3.11. The predicted molar refractivity (Wildman–Crippen MR) is 103 cm³/mol. The first-order valence-electron chi connectivity index (χ1n) is 9.51. The number of nitrogens with two attached hydrogens (primary N) is 2. The van der Waals surface area contributed by atoms with Gasteiger partial charge in [-0.15, -0.1) is 0 Å². The Morgan fingerprint density at radius 2 is 1.07 bits per heavy atom. The Bertz CT molecular complexity index is 681. The highest BCUT2D eigenvalue weighted by Gasteiger charge is 2.31. The molecule has 4 N–H and O–H groups in total. The van der Waals surface area contributed by atoms with Gasteiger partial charge in [0.15, 0.2) is 0 Å². The molecule has 2 heterocycles. The Kier molecular flexibility index (Phi) is 7.84. The summed E-state index contributed by atoms with van der Waals surface area (Å²) in [4.78, 5) is 60.1. The SMILES string of the molecule is CC(COC(=O)OCC(C)CC(N)N1C(=O)C=CC1=O)CC(N)N1C(=O)C=CC1=O. The van der Waals surface area contributed by atoms with Crippen LogP contribution >= 0.6 is 0 Å². The lowest BCUT2D eigenvalue weighted by Gasteiger charge is -2.25. The number of nitrogens with zero attached hydrogens (tertiary/aromatic N) is 2. The highest BCUT2D eigenvalue weighted by Crippen LogP contribution is 2.15. The molecule has 0 saturated carbocycles. The normalized spacial score (nSPS) is 20.0. The monoisotopic (exact) mass is 422 g/mol. The van der Waals surface area contributed by atoms with E-state index in [0.29, 0.717) is 0 Å². The first kappa shape index (κ1) is 23.2. The summed E-state index contributed by atoms with van der Waals surface area (Å²) in [5, 5.41) is 0. The zero-order chi connectivity index (χ0) is 22.4. The third-order valence-corrected chi connectivity index (χ3v) is 4.61. The van der Waals surface area contributed by atoms with Gasteiger partial charge < -0.3 is 20.9 Å². The van der Waals surface area contributed by atoms with E-state index in [1.807, 2.05) is 0 Å². The molecule has 164 valence electrons. The summed E-state index contributed by atoms with van der Waals surface area (Å²) in [6, 6.07) is 0. The number of ether oxygens (including phenoxy) is 2. The molecular formula is C19H26N4O7. The molecule has 2 aliphatic heterocycles. The van der Waals surface area contributed by atoms with Crippen LogP contribution in [0.3, 0.4) is 0 Å². The average molecular weight is 422 g/mol. The van der Waals surface area contributed by atoms with Crippen LogP contribution in [-0.4, -0.2) is 65.1 Å². The highest BCUT2D eigenvalue weighted by atomic mass is 16.7. The molecule has 0 aromatic rings. The molecule has 11 nitrogen and oxygen atoms in total. The van der Waals surface area contributed by atoms with E-state index in [-0.39, 0.29) is 37.9 Å². The summed E-state index contributed by atoms with van der Waals surface area (Å²) in [7, 11) is 0. The molecule has 11 heteroatoms. The molecule has 0 bridgehead atoms. The lowest BCUT2D eigenvalue weighted by molar-refractivity contribution is -0.141. The Balaban J connectivity index is 1.65. The summed E-state index contributed by atoms with van der Waals surface area (Å²) in [5.74, 6) is -2.33. The van der Waals surface area contributed by atoms with Crippen LogP contribution in [-0.2, 0) is 28.7 Å². The van der Waals surface area contributed by atoms with E-state index >= 15 is 0 Å². The van der Waals surface area contributed by atoms with E-state index in [4.69, 9.17) is 20.9 Å². The number of carbonyl (C=O) groups is 5. The maximum atomic E-state index is 11.8. The van der Waals surface area contributed by atoms with Gasteiger partial charge in [0.05, 0.1) is 25.5 Å². The fourth-order valence-electron chi connectivity index (χ4n) is 3.11. The molecule has 0 spiro atoms. The lowest BCUT2D eigenvalue weighted by Crippen LogP contribution is -2.47. The van der Waals surface area contributed by atoms with E-state index in [1.165, 1.54) is 0 Å². The first-order chi connectivity index (χ1) is 14.1. The van der Waals surface area contributed by atoms with Crippen LogP contribution in [0.15, 0.2) is 24.3 Å². The summed E-state index contributed by atoms with van der Waals surface area (Å²) < 4.78 is 10.1. The second-order valence-corrected chi connectivity index (χ2v) is 7.45. The second kappa shape index (κ2) is 10.1. The van der Waals surface area contributed by atoms with Crippen molar-refractivity contribution in [3.63, 3.8) is 0 Å². The van der Waals surface area contributed by atoms with Crippen molar-refractivity contribution < 1.29 is 33.4 Å². The fraction of sp³-hybridized carbons (Fsp3) is 0.526. The van der Waals surface area contributed by atoms with Crippen molar-refractivity contribution in [2.45, 2.75) is 39.0 Å². The van der Waals surface area contributed by atoms with Crippen molar-refractivity contribution in [1.29, 1.82) is 0 Å². The Morgan fingerprint density at radius 3 is 1.37 bits per heavy atom. The number of hydrogen-bond acceptors (Lipinski definition) is 9. The summed E-state index contributed by atoms with van der Waals surface area (Å²) >= 11 is 0. The van der Waals surface area contributed by atoms with Crippen LogP contribution in [0.2, 0.25) is 0 Å². The molecule has 0 radical (unpaired) electrons. The quantitative estimate of drug-likeness (QED) is 0.353. The van der Waals surface area contributed by atoms with Crippen molar-refractivity contribution in [2.24, 2.45) is 23.3 Å². The van der Waals surface area contributed by atoms with Crippen molar-refractivity contribution >= 4 is 29.8 Å². The van der Waals surface area contributed by atoms with Crippen LogP contribution < -0.4 is 11.5 Å². The highest BCUT2D eigenvalue weighted by molar-refractivity contribution is 6.13. The molecule has 0 saturated heterocycles. The van der Waals surface area contributed by atoms with Gasteiger partial charge in [0, 0.05) is 24.3 Å². The van der Waals surface area contributed by atoms with Crippen LogP contribution in [0.5, 0.6) is 0 Å². The van der Waals surface area contributed by atoms with Gasteiger partial charge in [-0.2, -0.15) is 0 Å². The molecule has 0 aliphatic carbocycles. The van der Waals surface area contributed by atoms with E-state index < -0.39 is 42.1 Å². The maximum absolute atomic E-state index is 11.8. The predicted octanol–water partition coefficient (Wildman–Crippen LogP) is -0.388. The van der Waals surface area contributed by atoms with Gasteiger partial charge in [0.1, 0.15) is 0 Å². The zero-order valence-corrected chi connectivity index (χ0v) is 16.9. The molecule has 0 aromatic heterocycles. The van der Waals surface area contributed by atoms with Gasteiger partial charge in [-0.3, -0.25) is 29.0 Å². The van der Waals surface area contributed by atoms with E-state index in [2.05, 4.69) is 0 Å². The Labute approximate surface area is 173 Å². The minimum absolute atomic E-state index is 0.00741. The average Bonchev–Trinajstić information content (AvgIpc) is 3.18.